The van der Waals surface area contributed by atoms with Crippen LogP contribution in [0.2, 0.25) is 0 Å². The number of benzene rings is 3. The monoisotopic (exact) mass is 449 g/mol. The number of hydrogen-bond donors (Lipinski definition) is 1. The van der Waals surface area contributed by atoms with Gasteiger partial charge in [-0.2, -0.15) is 0 Å². The van der Waals surface area contributed by atoms with E-state index in [1.807, 2.05) is 41.0 Å². The summed E-state index contributed by atoms with van der Waals surface area (Å²) in [5.74, 6) is 0.369. The Morgan fingerprint density at radius 1 is 0.938 bits per heavy atom. The zero-order chi connectivity index (χ0) is 22.1. The first kappa shape index (κ1) is 20.8. The molecular weight excluding hydrogens is 425 g/mol. The molecule has 1 aliphatic rings. The minimum Gasteiger partial charge on any atom is -0.323 e. The van der Waals surface area contributed by atoms with Gasteiger partial charge in [-0.05, 0) is 85.3 Å². The van der Waals surface area contributed by atoms with Gasteiger partial charge in [0.05, 0.1) is 15.9 Å². The normalized spacial score (nSPS) is 13.9. The van der Waals surface area contributed by atoms with Crippen LogP contribution in [0.5, 0.6) is 0 Å². The summed E-state index contributed by atoms with van der Waals surface area (Å²) in [5.41, 5.74) is 4.88. The lowest BCUT2D eigenvalue weighted by atomic mass is 9.92. The third kappa shape index (κ3) is 4.06. The van der Waals surface area contributed by atoms with Gasteiger partial charge in [-0.25, -0.2) is 22.5 Å². The predicted molar refractivity (Wildman–Crippen MR) is 123 cm³/mol. The predicted octanol–water partition coefficient (Wildman–Crippen LogP) is 4.70. The number of nitrogens with one attached hydrogen (secondary N) is 1. The molecule has 0 atom stereocenters. The second kappa shape index (κ2) is 8.48. The molecule has 164 valence electrons. The molecule has 0 saturated carbocycles. The van der Waals surface area contributed by atoms with Gasteiger partial charge in [-0.15, -0.1) is 0 Å². The van der Waals surface area contributed by atoms with Crippen LogP contribution in [0.1, 0.15) is 24.0 Å². The van der Waals surface area contributed by atoms with Crippen molar-refractivity contribution in [1.82, 2.24) is 14.3 Å². The number of imidazole rings is 1. The molecular formula is C25H24FN3O2S. The van der Waals surface area contributed by atoms with E-state index in [0.717, 1.165) is 47.8 Å². The summed E-state index contributed by atoms with van der Waals surface area (Å²) in [5, 5.41) is 0. The first-order valence-corrected chi connectivity index (χ1v) is 12.3. The number of aromatic nitrogens is 2. The van der Waals surface area contributed by atoms with Crippen molar-refractivity contribution < 1.29 is 12.8 Å². The lowest BCUT2D eigenvalue weighted by Crippen LogP contribution is -2.28. The number of hydrogen-bond acceptors (Lipinski definition) is 3. The Balaban J connectivity index is 1.39. The van der Waals surface area contributed by atoms with E-state index >= 15 is 0 Å². The van der Waals surface area contributed by atoms with E-state index in [0.29, 0.717) is 17.3 Å². The highest BCUT2D eigenvalue weighted by Gasteiger charge is 2.18. The summed E-state index contributed by atoms with van der Waals surface area (Å²) < 4.78 is 44.0. The molecule has 4 aromatic rings. The van der Waals surface area contributed by atoms with Gasteiger partial charge in [0.15, 0.2) is 0 Å². The van der Waals surface area contributed by atoms with Crippen LogP contribution in [0.3, 0.4) is 0 Å². The molecule has 1 aliphatic carbocycles. The Hall–Kier alpha value is -3.03. The maximum absolute atomic E-state index is 13.4. The van der Waals surface area contributed by atoms with Crippen LogP contribution in [0.25, 0.3) is 22.4 Å². The molecule has 3 aromatic carbocycles. The van der Waals surface area contributed by atoms with Crippen LogP contribution in [0.4, 0.5) is 4.39 Å². The van der Waals surface area contributed by atoms with E-state index in [1.54, 1.807) is 18.2 Å². The molecule has 0 fully saturated rings. The number of fused-ring (bicyclic) bond motifs is 2. The summed E-state index contributed by atoms with van der Waals surface area (Å²) in [6.07, 6.45) is 4.21. The van der Waals surface area contributed by atoms with E-state index in [2.05, 4.69) is 4.72 Å². The van der Waals surface area contributed by atoms with Crippen molar-refractivity contribution in [2.24, 2.45) is 0 Å². The summed E-state index contributed by atoms with van der Waals surface area (Å²) in [6.45, 7) is 0.616. The van der Waals surface area contributed by atoms with Crippen molar-refractivity contribution in [3.8, 4) is 11.4 Å². The van der Waals surface area contributed by atoms with Crippen molar-refractivity contribution in [2.45, 2.75) is 37.1 Å². The first-order valence-electron chi connectivity index (χ1n) is 10.8. The zero-order valence-electron chi connectivity index (χ0n) is 17.6. The molecule has 1 heterocycles. The Morgan fingerprint density at radius 3 is 2.50 bits per heavy atom. The van der Waals surface area contributed by atoms with Gasteiger partial charge in [0.25, 0.3) is 0 Å². The van der Waals surface area contributed by atoms with Crippen molar-refractivity contribution >= 4 is 21.1 Å². The maximum Gasteiger partial charge on any atom is 0.240 e. The van der Waals surface area contributed by atoms with Crippen molar-refractivity contribution in [2.75, 3.05) is 6.54 Å². The van der Waals surface area contributed by atoms with Crippen LogP contribution in [-0.4, -0.2) is 24.5 Å². The third-order valence-corrected chi connectivity index (χ3v) is 7.47. The van der Waals surface area contributed by atoms with Gasteiger partial charge in [0.1, 0.15) is 11.6 Å². The zero-order valence-corrected chi connectivity index (χ0v) is 18.4. The number of para-hydroxylation sites is 2. The molecule has 1 N–H and O–H groups in total. The number of sulfonamides is 1. The molecule has 7 heteroatoms. The molecule has 0 amide bonds. The third-order valence-electron chi connectivity index (χ3n) is 6.01. The fourth-order valence-electron chi connectivity index (χ4n) is 4.37. The Kier molecular flexibility index (Phi) is 5.53. The molecule has 1 aromatic heterocycles. The SMILES string of the molecule is O=S(=O)(NCCn1c(-c2ccc(F)cc2)nc2ccccc21)c1ccc2c(c1)CCCC2. The highest BCUT2D eigenvalue weighted by atomic mass is 32.2. The molecule has 0 bridgehead atoms. The van der Waals surface area contributed by atoms with Crippen LogP contribution in [0.15, 0.2) is 71.6 Å². The molecule has 5 nitrogen and oxygen atoms in total. The number of rotatable bonds is 6. The van der Waals surface area contributed by atoms with Crippen molar-refractivity contribution in [3.05, 3.63) is 83.7 Å². The summed E-state index contributed by atoms with van der Waals surface area (Å²) >= 11 is 0. The summed E-state index contributed by atoms with van der Waals surface area (Å²) in [6, 6.07) is 19.3. The lowest BCUT2D eigenvalue weighted by Gasteiger charge is -2.17. The van der Waals surface area contributed by atoms with Gasteiger partial charge in [0.2, 0.25) is 10.0 Å². The molecule has 0 spiro atoms. The van der Waals surface area contributed by atoms with E-state index in [1.165, 1.54) is 17.7 Å². The van der Waals surface area contributed by atoms with Gasteiger partial charge in [0, 0.05) is 18.7 Å². The molecule has 0 unspecified atom stereocenters. The van der Waals surface area contributed by atoms with E-state index < -0.39 is 10.0 Å². The average molecular weight is 450 g/mol. The number of halogens is 1. The largest absolute Gasteiger partial charge is 0.323 e. The van der Waals surface area contributed by atoms with E-state index in [9.17, 15) is 12.8 Å². The van der Waals surface area contributed by atoms with Crippen LogP contribution in [0, 0.1) is 5.82 Å². The lowest BCUT2D eigenvalue weighted by molar-refractivity contribution is 0.574. The Labute approximate surface area is 187 Å². The maximum atomic E-state index is 13.4. The van der Waals surface area contributed by atoms with Gasteiger partial charge >= 0.3 is 0 Å². The minimum atomic E-state index is -3.62. The quantitative estimate of drug-likeness (QED) is 0.464. The highest BCUT2D eigenvalue weighted by Crippen LogP contribution is 2.26. The highest BCUT2D eigenvalue weighted by molar-refractivity contribution is 7.89. The van der Waals surface area contributed by atoms with Gasteiger partial charge < -0.3 is 4.57 Å². The van der Waals surface area contributed by atoms with Crippen LogP contribution >= 0.6 is 0 Å². The van der Waals surface area contributed by atoms with E-state index in [-0.39, 0.29) is 12.4 Å². The fraction of sp³-hybridized carbons (Fsp3) is 0.240. The summed E-state index contributed by atoms with van der Waals surface area (Å²) in [7, 11) is -3.62. The second-order valence-electron chi connectivity index (χ2n) is 8.12. The van der Waals surface area contributed by atoms with Crippen molar-refractivity contribution in [3.63, 3.8) is 0 Å². The average Bonchev–Trinajstić information content (AvgIpc) is 3.18. The van der Waals surface area contributed by atoms with Crippen molar-refractivity contribution in [1.29, 1.82) is 0 Å². The molecule has 0 radical (unpaired) electrons. The minimum absolute atomic E-state index is 0.216. The number of aryl methyl sites for hydroxylation is 2. The first-order chi connectivity index (χ1) is 15.5. The molecule has 32 heavy (non-hydrogen) atoms. The smallest absolute Gasteiger partial charge is 0.240 e. The Morgan fingerprint density at radius 2 is 1.69 bits per heavy atom. The summed E-state index contributed by atoms with van der Waals surface area (Å²) in [4.78, 5) is 5.01. The van der Waals surface area contributed by atoms with Gasteiger partial charge in [-0.1, -0.05) is 18.2 Å². The molecule has 0 aliphatic heterocycles. The topological polar surface area (TPSA) is 64.0 Å². The van der Waals surface area contributed by atoms with Gasteiger partial charge in [-0.3, -0.25) is 0 Å². The Bertz CT molecular complexity index is 1380. The number of nitrogens with zero attached hydrogens (tertiary/aromatic N) is 2. The molecule has 0 saturated heterocycles. The van der Waals surface area contributed by atoms with E-state index in [4.69, 9.17) is 4.98 Å². The standard InChI is InChI=1S/C25H24FN3O2S/c26-21-12-9-19(10-13-21)25-28-23-7-3-4-8-24(23)29(25)16-15-27-32(30,31)22-14-11-18-5-1-2-6-20(18)17-22/h3-4,7-14,17,27H,1-2,5-6,15-16H2. The van der Waals surface area contributed by atoms with Crippen LogP contribution in [-0.2, 0) is 29.4 Å². The van der Waals surface area contributed by atoms with Crippen LogP contribution < -0.4 is 4.72 Å². The fourth-order valence-corrected chi connectivity index (χ4v) is 5.44. The molecule has 5 rings (SSSR count). The second-order valence-corrected chi connectivity index (χ2v) is 9.89.